The van der Waals surface area contributed by atoms with Crippen LogP contribution in [0.2, 0.25) is 0 Å². The van der Waals surface area contributed by atoms with E-state index in [1.807, 2.05) is 66.3 Å². The number of aromatic nitrogens is 2. The summed E-state index contributed by atoms with van der Waals surface area (Å²) in [5, 5.41) is 7.68. The van der Waals surface area contributed by atoms with Crippen molar-refractivity contribution in [3.05, 3.63) is 72.2 Å². The fourth-order valence-corrected chi connectivity index (χ4v) is 4.22. The first-order chi connectivity index (χ1) is 12.6. The topological polar surface area (TPSA) is 59.0 Å². The Morgan fingerprint density at radius 1 is 1.04 bits per heavy atom. The van der Waals surface area contributed by atoms with Crippen LogP contribution in [0.15, 0.2) is 60.9 Å². The highest BCUT2D eigenvalue weighted by Gasteiger charge is 2.18. The average Bonchev–Trinajstić information content (AvgIpc) is 3.22. The largest absolute Gasteiger partial charge is 0.324 e. The van der Waals surface area contributed by atoms with Crippen LogP contribution in [0.4, 0.5) is 15.5 Å². The number of aryl methyl sites for hydroxylation is 2. The minimum Gasteiger partial charge on any atom is -0.321 e. The molecule has 0 aliphatic carbocycles. The Bertz CT molecular complexity index is 1070. The van der Waals surface area contributed by atoms with Crippen LogP contribution in [0.1, 0.15) is 11.3 Å². The van der Waals surface area contributed by atoms with Crippen molar-refractivity contribution >= 4 is 38.3 Å². The van der Waals surface area contributed by atoms with E-state index in [-0.39, 0.29) is 6.03 Å². The van der Waals surface area contributed by atoms with Gasteiger partial charge in [-0.05, 0) is 49.7 Å². The third kappa shape index (κ3) is 3.07. The Morgan fingerprint density at radius 2 is 1.77 bits per heavy atom. The van der Waals surface area contributed by atoms with Gasteiger partial charge in [0, 0.05) is 29.2 Å². The van der Waals surface area contributed by atoms with Gasteiger partial charge in [0.1, 0.15) is 9.83 Å². The van der Waals surface area contributed by atoms with Gasteiger partial charge in [0.05, 0.1) is 5.69 Å². The number of rotatable bonds is 3. The summed E-state index contributed by atoms with van der Waals surface area (Å²) in [5.41, 5.74) is 3.81. The second kappa shape index (κ2) is 6.65. The van der Waals surface area contributed by atoms with Gasteiger partial charge in [-0.3, -0.25) is 5.32 Å². The van der Waals surface area contributed by atoms with Crippen molar-refractivity contribution in [3.63, 3.8) is 0 Å². The highest BCUT2D eigenvalue weighted by molar-refractivity contribution is 7.23. The molecule has 0 radical (unpaired) electrons. The monoisotopic (exact) mass is 362 g/mol. The number of anilines is 2. The van der Waals surface area contributed by atoms with E-state index in [4.69, 9.17) is 0 Å². The standard InChI is InChI=1S/C20H18N4OS/c1-13-12-14(2)21-18-16(13)17(24-10-6-7-11-24)19(26-18)23-20(25)22-15-8-4-3-5-9-15/h3-12H,1-2H3,(H2,22,23,25). The first-order valence-electron chi connectivity index (χ1n) is 8.29. The molecule has 26 heavy (non-hydrogen) atoms. The third-order valence-electron chi connectivity index (χ3n) is 4.08. The third-order valence-corrected chi connectivity index (χ3v) is 5.07. The van der Waals surface area contributed by atoms with Crippen LogP contribution in [0.3, 0.4) is 0 Å². The first kappa shape index (κ1) is 16.4. The molecule has 0 spiro atoms. The number of para-hydroxylation sites is 1. The summed E-state index contributed by atoms with van der Waals surface area (Å²) < 4.78 is 2.01. The lowest BCUT2D eigenvalue weighted by atomic mass is 10.1. The summed E-state index contributed by atoms with van der Waals surface area (Å²) in [6.07, 6.45) is 3.95. The van der Waals surface area contributed by atoms with Gasteiger partial charge in [-0.2, -0.15) is 0 Å². The molecule has 0 aliphatic heterocycles. The number of amides is 2. The Morgan fingerprint density at radius 3 is 2.50 bits per heavy atom. The van der Waals surface area contributed by atoms with Crippen LogP contribution >= 0.6 is 11.3 Å². The van der Waals surface area contributed by atoms with E-state index >= 15 is 0 Å². The maximum Gasteiger partial charge on any atom is 0.324 e. The molecule has 4 rings (SSSR count). The molecule has 1 aromatic carbocycles. The number of benzene rings is 1. The summed E-state index contributed by atoms with van der Waals surface area (Å²) in [7, 11) is 0. The molecule has 0 bridgehead atoms. The van der Waals surface area contributed by atoms with E-state index < -0.39 is 0 Å². The Hall–Kier alpha value is -3.12. The van der Waals surface area contributed by atoms with Crippen molar-refractivity contribution in [3.8, 4) is 5.69 Å². The van der Waals surface area contributed by atoms with Gasteiger partial charge in [0.15, 0.2) is 0 Å². The van der Waals surface area contributed by atoms with E-state index in [2.05, 4.69) is 28.6 Å². The smallest absolute Gasteiger partial charge is 0.321 e. The fourth-order valence-electron chi connectivity index (χ4n) is 3.02. The van der Waals surface area contributed by atoms with Crippen LogP contribution in [0.5, 0.6) is 0 Å². The van der Waals surface area contributed by atoms with Crippen molar-refractivity contribution in [1.29, 1.82) is 0 Å². The van der Waals surface area contributed by atoms with Crippen LogP contribution in [0, 0.1) is 13.8 Å². The molecule has 0 atom stereocenters. The van der Waals surface area contributed by atoms with E-state index in [0.717, 1.165) is 37.8 Å². The van der Waals surface area contributed by atoms with Gasteiger partial charge in [-0.1, -0.05) is 29.5 Å². The molecule has 0 unspecified atom stereocenters. The molecule has 0 aliphatic rings. The van der Waals surface area contributed by atoms with Crippen molar-refractivity contribution < 1.29 is 4.79 Å². The minimum absolute atomic E-state index is 0.273. The van der Waals surface area contributed by atoms with Crippen molar-refractivity contribution in [2.75, 3.05) is 10.6 Å². The number of nitrogens with zero attached hydrogens (tertiary/aromatic N) is 2. The fraction of sp³-hybridized carbons (Fsp3) is 0.100. The highest BCUT2D eigenvalue weighted by Crippen LogP contribution is 2.39. The number of carbonyl (C=O) groups is 1. The van der Waals surface area contributed by atoms with E-state index in [0.29, 0.717) is 0 Å². The molecule has 5 nitrogen and oxygen atoms in total. The average molecular weight is 362 g/mol. The number of urea groups is 1. The van der Waals surface area contributed by atoms with Crippen molar-refractivity contribution in [2.45, 2.75) is 13.8 Å². The molecule has 2 amide bonds. The molecule has 0 saturated carbocycles. The van der Waals surface area contributed by atoms with Gasteiger partial charge >= 0.3 is 6.03 Å². The molecule has 0 fully saturated rings. The Balaban J connectivity index is 1.76. The minimum atomic E-state index is -0.273. The number of fused-ring (bicyclic) bond motifs is 1. The molecule has 2 N–H and O–H groups in total. The first-order valence-corrected chi connectivity index (χ1v) is 9.10. The number of nitrogens with one attached hydrogen (secondary N) is 2. The van der Waals surface area contributed by atoms with Crippen LogP contribution in [-0.4, -0.2) is 15.6 Å². The lowest BCUT2D eigenvalue weighted by molar-refractivity contribution is 0.262. The second-order valence-corrected chi connectivity index (χ2v) is 7.08. The van der Waals surface area contributed by atoms with E-state index in [1.54, 1.807) is 0 Å². The lowest BCUT2D eigenvalue weighted by Gasteiger charge is -2.10. The summed E-state index contributed by atoms with van der Waals surface area (Å²) in [5.74, 6) is 0. The zero-order valence-electron chi connectivity index (χ0n) is 14.5. The van der Waals surface area contributed by atoms with Crippen molar-refractivity contribution in [1.82, 2.24) is 9.55 Å². The number of pyridine rings is 1. The summed E-state index contributed by atoms with van der Waals surface area (Å²) in [6.45, 7) is 4.06. The summed E-state index contributed by atoms with van der Waals surface area (Å²) in [4.78, 5) is 18.1. The molecule has 6 heteroatoms. The number of hydrogen-bond donors (Lipinski definition) is 2. The number of hydrogen-bond acceptors (Lipinski definition) is 3. The summed E-state index contributed by atoms with van der Waals surface area (Å²) in [6, 6.07) is 15.1. The van der Waals surface area contributed by atoms with Gasteiger partial charge in [-0.15, -0.1) is 0 Å². The zero-order chi connectivity index (χ0) is 18.1. The van der Waals surface area contributed by atoms with Crippen LogP contribution in [0.25, 0.3) is 15.9 Å². The molecular formula is C20H18N4OS. The van der Waals surface area contributed by atoms with E-state index in [1.165, 1.54) is 11.3 Å². The zero-order valence-corrected chi connectivity index (χ0v) is 15.3. The number of thiophene rings is 1. The van der Waals surface area contributed by atoms with Crippen LogP contribution < -0.4 is 10.6 Å². The van der Waals surface area contributed by atoms with Gasteiger partial charge in [0.25, 0.3) is 0 Å². The van der Waals surface area contributed by atoms with Gasteiger partial charge in [0.2, 0.25) is 0 Å². The molecule has 3 aromatic heterocycles. The predicted octanol–water partition coefficient (Wildman–Crippen LogP) is 5.35. The number of carbonyl (C=O) groups excluding carboxylic acids is 1. The molecule has 130 valence electrons. The molecule has 3 heterocycles. The molecule has 0 saturated heterocycles. The SMILES string of the molecule is Cc1cc(C)c2c(-n3cccc3)c(NC(=O)Nc3ccccc3)sc2n1. The Kier molecular flexibility index (Phi) is 4.18. The lowest BCUT2D eigenvalue weighted by Crippen LogP contribution is -2.19. The normalized spacial score (nSPS) is 10.8. The quantitative estimate of drug-likeness (QED) is 0.516. The second-order valence-electron chi connectivity index (χ2n) is 6.08. The maximum atomic E-state index is 12.5. The Labute approximate surface area is 155 Å². The predicted molar refractivity (Wildman–Crippen MR) is 108 cm³/mol. The molecular weight excluding hydrogens is 344 g/mol. The van der Waals surface area contributed by atoms with Crippen LogP contribution in [-0.2, 0) is 0 Å². The molecule has 4 aromatic rings. The maximum absolute atomic E-state index is 12.5. The van der Waals surface area contributed by atoms with E-state index in [9.17, 15) is 4.79 Å². The summed E-state index contributed by atoms with van der Waals surface area (Å²) >= 11 is 1.49. The van der Waals surface area contributed by atoms with Gasteiger partial charge in [-0.25, -0.2) is 9.78 Å². The van der Waals surface area contributed by atoms with Gasteiger partial charge < -0.3 is 9.88 Å². The highest BCUT2D eigenvalue weighted by atomic mass is 32.1. The van der Waals surface area contributed by atoms with Crippen molar-refractivity contribution in [2.24, 2.45) is 0 Å².